The second-order valence-corrected chi connectivity index (χ2v) is 5.08. The Kier molecular flexibility index (Phi) is 2.71. The Bertz CT molecular complexity index is 722. The van der Waals surface area contributed by atoms with Crippen LogP contribution in [0.25, 0.3) is 11.2 Å². The fourth-order valence-electron chi connectivity index (χ4n) is 2.65. The Hall–Kier alpha value is -2.04. The van der Waals surface area contributed by atoms with E-state index in [0.717, 1.165) is 0 Å². The molecule has 4 atom stereocenters. The molecule has 4 rings (SSSR count). The van der Waals surface area contributed by atoms with E-state index in [4.69, 9.17) is 32.2 Å². The average molecular weight is 309 g/mol. The van der Waals surface area contributed by atoms with Gasteiger partial charge in [0.25, 0.3) is 0 Å². The molecule has 0 bridgehead atoms. The van der Waals surface area contributed by atoms with Gasteiger partial charge in [-0.15, -0.1) is 0 Å². The van der Waals surface area contributed by atoms with Crippen molar-refractivity contribution in [1.29, 1.82) is 0 Å². The predicted molar refractivity (Wildman–Crippen MR) is 73.1 cm³/mol. The van der Waals surface area contributed by atoms with Crippen LogP contribution in [0.2, 0.25) is 0 Å². The number of nitrogens with zero attached hydrogens (tertiary/aromatic N) is 4. The third-order valence-electron chi connectivity index (χ3n) is 3.59. The Labute approximate surface area is 123 Å². The number of hydrogen-bond acceptors (Lipinski definition) is 9. The van der Waals surface area contributed by atoms with Gasteiger partial charge in [0.05, 0.1) is 12.9 Å². The Balaban J connectivity index is 1.78. The van der Waals surface area contributed by atoms with E-state index in [0.29, 0.717) is 11.2 Å². The average Bonchev–Trinajstić information content (AvgIpc) is 3.12. The van der Waals surface area contributed by atoms with Gasteiger partial charge < -0.3 is 25.1 Å². The maximum atomic E-state index is 9.40. The number of aliphatic hydroxyl groups excluding tert-OH is 1. The smallest absolute Gasteiger partial charge is 0.353 e. The van der Waals surface area contributed by atoms with Gasteiger partial charge in [-0.25, -0.2) is 15.0 Å². The fraction of sp³-hybridized carbons (Fsp3) is 0.455. The van der Waals surface area contributed by atoms with Crippen LogP contribution in [0.1, 0.15) is 6.23 Å². The molecule has 2 aliphatic heterocycles. The molecule has 4 heterocycles. The van der Waals surface area contributed by atoms with Crippen molar-refractivity contribution >= 4 is 34.4 Å². The highest BCUT2D eigenvalue weighted by Crippen LogP contribution is 2.38. The normalized spacial score (nSPS) is 31.2. The van der Waals surface area contributed by atoms with Crippen molar-refractivity contribution in [2.24, 2.45) is 0 Å². The summed E-state index contributed by atoms with van der Waals surface area (Å²) in [4.78, 5) is 12.2. The highest BCUT2D eigenvalue weighted by atomic mass is 32.1. The van der Waals surface area contributed by atoms with Crippen LogP contribution in [-0.4, -0.2) is 54.8 Å². The summed E-state index contributed by atoms with van der Waals surface area (Å²) in [5.41, 5.74) is 6.76. The van der Waals surface area contributed by atoms with Gasteiger partial charge in [-0.3, -0.25) is 4.57 Å². The summed E-state index contributed by atoms with van der Waals surface area (Å²) < 4.78 is 18.3. The molecule has 110 valence electrons. The molecule has 0 radical (unpaired) electrons. The molecule has 2 aromatic heterocycles. The quantitative estimate of drug-likeness (QED) is 0.699. The monoisotopic (exact) mass is 309 g/mol. The Morgan fingerprint density at radius 3 is 2.90 bits per heavy atom. The number of rotatable bonds is 2. The maximum absolute atomic E-state index is 9.40. The minimum absolute atomic E-state index is 0.0512. The zero-order chi connectivity index (χ0) is 14.6. The van der Waals surface area contributed by atoms with Crippen LogP contribution in [0, 0.1) is 0 Å². The molecule has 2 unspecified atom stereocenters. The van der Waals surface area contributed by atoms with Gasteiger partial charge in [-0.1, -0.05) is 0 Å². The molecule has 2 saturated heterocycles. The van der Waals surface area contributed by atoms with Gasteiger partial charge >= 0.3 is 5.24 Å². The molecule has 0 aromatic carbocycles. The van der Waals surface area contributed by atoms with Crippen LogP contribution in [-0.2, 0) is 14.2 Å². The maximum Gasteiger partial charge on any atom is 0.353 e. The third kappa shape index (κ3) is 1.76. The van der Waals surface area contributed by atoms with Crippen molar-refractivity contribution in [2.45, 2.75) is 24.5 Å². The SMILES string of the molecule is Nc1ncnc2c1ncn2[C@@H]1O[C@H](CO)C2OC(=S)OC21. The third-order valence-corrected chi connectivity index (χ3v) is 3.78. The minimum atomic E-state index is -0.563. The number of aliphatic hydroxyl groups is 1. The van der Waals surface area contributed by atoms with E-state index in [-0.39, 0.29) is 17.7 Å². The van der Waals surface area contributed by atoms with E-state index in [9.17, 15) is 5.11 Å². The number of hydrogen-bond donors (Lipinski definition) is 2. The summed E-state index contributed by atoms with van der Waals surface area (Å²) >= 11 is 4.92. The van der Waals surface area contributed by atoms with E-state index in [1.165, 1.54) is 6.33 Å². The first-order valence-electron chi connectivity index (χ1n) is 6.25. The Morgan fingerprint density at radius 2 is 2.10 bits per heavy atom. The molecule has 10 heteroatoms. The summed E-state index contributed by atoms with van der Waals surface area (Å²) in [5, 5.41) is 9.45. The molecule has 9 nitrogen and oxygen atoms in total. The second kappa shape index (κ2) is 4.48. The lowest BCUT2D eigenvalue weighted by Crippen LogP contribution is -2.30. The zero-order valence-corrected chi connectivity index (χ0v) is 11.4. The highest BCUT2D eigenvalue weighted by molar-refractivity contribution is 7.79. The van der Waals surface area contributed by atoms with Crippen LogP contribution in [0.5, 0.6) is 0 Å². The van der Waals surface area contributed by atoms with Crippen molar-refractivity contribution in [2.75, 3.05) is 12.3 Å². The fourth-order valence-corrected chi connectivity index (χ4v) is 2.88. The number of thiocarbonyl (C=S) groups is 1. The zero-order valence-electron chi connectivity index (χ0n) is 10.6. The first kappa shape index (κ1) is 12.7. The number of ether oxygens (including phenoxy) is 3. The predicted octanol–water partition coefficient (Wildman–Crippen LogP) is -0.633. The number of imidazole rings is 1. The van der Waals surface area contributed by atoms with E-state index in [2.05, 4.69) is 15.0 Å². The summed E-state index contributed by atoms with van der Waals surface area (Å²) in [7, 11) is 0. The van der Waals surface area contributed by atoms with Crippen LogP contribution in [0.4, 0.5) is 5.82 Å². The van der Waals surface area contributed by atoms with Crippen LogP contribution >= 0.6 is 12.2 Å². The summed E-state index contributed by atoms with van der Waals surface area (Å²) in [6.45, 7) is -0.201. The van der Waals surface area contributed by atoms with Crippen molar-refractivity contribution in [3.8, 4) is 0 Å². The van der Waals surface area contributed by atoms with Gasteiger partial charge in [0.2, 0.25) is 0 Å². The van der Waals surface area contributed by atoms with Gasteiger partial charge in [0.15, 0.2) is 29.9 Å². The number of anilines is 1. The lowest BCUT2D eigenvalue weighted by molar-refractivity contribution is -0.0601. The van der Waals surface area contributed by atoms with Crippen molar-refractivity contribution < 1.29 is 19.3 Å². The molecule has 2 fully saturated rings. The molecular formula is C11H11N5O4S. The lowest BCUT2D eigenvalue weighted by atomic mass is 10.1. The number of fused-ring (bicyclic) bond motifs is 2. The number of aromatic nitrogens is 4. The summed E-state index contributed by atoms with van der Waals surface area (Å²) in [6, 6.07) is 0. The number of nitrogens with two attached hydrogens (primary N) is 1. The van der Waals surface area contributed by atoms with Crippen LogP contribution < -0.4 is 5.73 Å². The van der Waals surface area contributed by atoms with Gasteiger partial charge in [-0.05, 0) is 0 Å². The number of nitrogen functional groups attached to an aromatic ring is 1. The molecular weight excluding hydrogens is 298 g/mol. The molecule has 0 spiro atoms. The largest absolute Gasteiger partial charge is 0.446 e. The molecule has 3 N–H and O–H groups in total. The van der Waals surface area contributed by atoms with Gasteiger partial charge in [-0.2, -0.15) is 0 Å². The molecule has 21 heavy (non-hydrogen) atoms. The first-order valence-corrected chi connectivity index (χ1v) is 6.66. The molecule has 0 aliphatic carbocycles. The lowest BCUT2D eigenvalue weighted by Gasteiger charge is -2.17. The molecule has 2 aromatic rings. The molecule has 2 aliphatic rings. The van der Waals surface area contributed by atoms with Gasteiger partial charge in [0, 0.05) is 12.2 Å². The summed E-state index contributed by atoms with van der Waals surface area (Å²) in [6.07, 6.45) is 0.876. The minimum Gasteiger partial charge on any atom is -0.446 e. The van der Waals surface area contributed by atoms with Crippen molar-refractivity contribution in [1.82, 2.24) is 19.5 Å². The highest BCUT2D eigenvalue weighted by Gasteiger charge is 2.53. The van der Waals surface area contributed by atoms with E-state index >= 15 is 0 Å². The van der Waals surface area contributed by atoms with Crippen LogP contribution in [0.15, 0.2) is 12.7 Å². The van der Waals surface area contributed by atoms with Crippen LogP contribution in [0.3, 0.4) is 0 Å². The van der Waals surface area contributed by atoms with E-state index < -0.39 is 24.5 Å². The molecule has 0 amide bonds. The first-order chi connectivity index (χ1) is 10.2. The topological polar surface area (TPSA) is 118 Å². The van der Waals surface area contributed by atoms with E-state index in [1.807, 2.05) is 0 Å². The van der Waals surface area contributed by atoms with Gasteiger partial charge in [0.1, 0.15) is 17.9 Å². The summed E-state index contributed by atoms with van der Waals surface area (Å²) in [5.74, 6) is 0.283. The molecule has 0 saturated carbocycles. The Morgan fingerprint density at radius 1 is 1.29 bits per heavy atom. The second-order valence-electron chi connectivity index (χ2n) is 4.75. The van der Waals surface area contributed by atoms with Crippen molar-refractivity contribution in [3.05, 3.63) is 12.7 Å². The standard InChI is InChI=1S/C11H11N5O4S/c12-8-5-9(14-2-13-8)16(3-15-5)10-7-6(4(1-17)18-10)19-11(21)20-7/h2-4,6-7,10,17H,1H2,(H2,12,13,14)/t4-,6?,7?,10-/m1/s1. The van der Waals surface area contributed by atoms with E-state index in [1.54, 1.807) is 10.9 Å². The van der Waals surface area contributed by atoms with Crippen molar-refractivity contribution in [3.63, 3.8) is 0 Å².